The van der Waals surface area contributed by atoms with E-state index in [0.29, 0.717) is 29.4 Å². The normalized spacial score (nSPS) is 11.6. The maximum absolute atomic E-state index is 12.8. The van der Waals surface area contributed by atoms with Crippen molar-refractivity contribution in [3.8, 4) is 11.5 Å². The molecule has 0 N–H and O–H groups in total. The Morgan fingerprint density at radius 3 is 2.24 bits per heavy atom. The fourth-order valence-electron chi connectivity index (χ4n) is 2.70. The van der Waals surface area contributed by atoms with Crippen LogP contribution in [0.25, 0.3) is 0 Å². The van der Waals surface area contributed by atoms with Gasteiger partial charge in [-0.1, -0.05) is 23.8 Å². The highest BCUT2D eigenvalue weighted by atomic mass is 32.2. The summed E-state index contributed by atoms with van der Waals surface area (Å²) in [5.74, 6) is 1.29. The zero-order valence-electron chi connectivity index (χ0n) is 15.4. The Kier molecular flexibility index (Phi) is 6.08. The van der Waals surface area contributed by atoms with E-state index in [9.17, 15) is 8.42 Å². The van der Waals surface area contributed by atoms with E-state index < -0.39 is 10.0 Å². The van der Waals surface area contributed by atoms with Gasteiger partial charge in [0, 0.05) is 13.6 Å². The van der Waals surface area contributed by atoms with Crippen LogP contribution in [0.3, 0.4) is 0 Å². The number of nitrogens with zero attached hydrogens (tertiary/aromatic N) is 1. The Labute approximate surface area is 150 Å². The van der Waals surface area contributed by atoms with Gasteiger partial charge in [0.2, 0.25) is 10.0 Å². The minimum absolute atomic E-state index is 0.355. The SMILES string of the molecule is COc1ccc(CCN(C)S(=O)(=O)c2ccc(C)cc2C)cc1OC. The first kappa shape index (κ1) is 19.3. The third kappa shape index (κ3) is 4.32. The molecule has 2 aromatic carbocycles. The Hall–Kier alpha value is -2.05. The molecule has 25 heavy (non-hydrogen) atoms. The maximum atomic E-state index is 12.8. The summed E-state index contributed by atoms with van der Waals surface area (Å²) in [4.78, 5) is 0.355. The topological polar surface area (TPSA) is 55.8 Å². The Morgan fingerprint density at radius 1 is 0.960 bits per heavy atom. The minimum Gasteiger partial charge on any atom is -0.493 e. The second-order valence-electron chi connectivity index (χ2n) is 6.03. The van der Waals surface area contributed by atoms with E-state index in [1.807, 2.05) is 44.2 Å². The largest absolute Gasteiger partial charge is 0.493 e. The summed E-state index contributed by atoms with van der Waals surface area (Å²) in [5.41, 5.74) is 2.79. The molecule has 0 radical (unpaired) electrons. The van der Waals surface area contributed by atoms with E-state index in [1.165, 1.54) is 4.31 Å². The lowest BCUT2D eigenvalue weighted by molar-refractivity contribution is 0.354. The lowest BCUT2D eigenvalue weighted by Gasteiger charge is -2.19. The van der Waals surface area contributed by atoms with Gasteiger partial charge in [0.25, 0.3) is 0 Å². The van der Waals surface area contributed by atoms with Crippen molar-refractivity contribution in [3.63, 3.8) is 0 Å². The number of sulfonamides is 1. The van der Waals surface area contributed by atoms with Crippen LogP contribution in [0.15, 0.2) is 41.3 Å². The lowest BCUT2D eigenvalue weighted by Crippen LogP contribution is -2.29. The van der Waals surface area contributed by atoms with Crippen molar-refractivity contribution in [2.75, 3.05) is 27.8 Å². The van der Waals surface area contributed by atoms with Crippen molar-refractivity contribution in [2.24, 2.45) is 0 Å². The van der Waals surface area contributed by atoms with Crippen molar-refractivity contribution in [2.45, 2.75) is 25.2 Å². The van der Waals surface area contributed by atoms with E-state index in [2.05, 4.69) is 0 Å². The molecule has 6 heteroatoms. The summed E-state index contributed by atoms with van der Waals surface area (Å²) in [5, 5.41) is 0. The van der Waals surface area contributed by atoms with Gasteiger partial charge >= 0.3 is 0 Å². The van der Waals surface area contributed by atoms with Gasteiger partial charge in [-0.15, -0.1) is 0 Å². The molecule has 0 fully saturated rings. The number of hydrogen-bond acceptors (Lipinski definition) is 4. The maximum Gasteiger partial charge on any atom is 0.243 e. The van der Waals surface area contributed by atoms with Gasteiger partial charge < -0.3 is 9.47 Å². The molecule has 0 heterocycles. The molecule has 0 unspecified atom stereocenters. The molecule has 136 valence electrons. The molecule has 2 aromatic rings. The van der Waals surface area contributed by atoms with E-state index in [-0.39, 0.29) is 0 Å². The summed E-state index contributed by atoms with van der Waals surface area (Å²) in [6, 6.07) is 11.0. The van der Waals surface area contributed by atoms with Crippen molar-refractivity contribution in [3.05, 3.63) is 53.1 Å². The second-order valence-corrected chi connectivity index (χ2v) is 8.05. The molecular weight excluding hydrogens is 338 g/mol. The van der Waals surface area contributed by atoms with Crippen LogP contribution in [0, 0.1) is 13.8 Å². The zero-order valence-corrected chi connectivity index (χ0v) is 16.2. The highest BCUT2D eigenvalue weighted by Gasteiger charge is 2.22. The highest BCUT2D eigenvalue weighted by molar-refractivity contribution is 7.89. The molecule has 0 atom stereocenters. The molecule has 5 nitrogen and oxygen atoms in total. The fraction of sp³-hybridized carbons (Fsp3) is 0.368. The van der Waals surface area contributed by atoms with E-state index >= 15 is 0 Å². The molecule has 0 aliphatic carbocycles. The third-order valence-corrected chi connectivity index (χ3v) is 6.20. The smallest absolute Gasteiger partial charge is 0.243 e. The van der Waals surface area contributed by atoms with E-state index in [4.69, 9.17) is 9.47 Å². The molecule has 0 amide bonds. The molecule has 0 spiro atoms. The molecule has 0 bridgehead atoms. The molecule has 0 aromatic heterocycles. The summed E-state index contributed by atoms with van der Waals surface area (Å²) in [7, 11) is 1.27. The van der Waals surface area contributed by atoms with Gasteiger partial charge in [-0.25, -0.2) is 12.7 Å². The molecule has 0 saturated carbocycles. The van der Waals surface area contributed by atoms with Gasteiger partial charge in [0.05, 0.1) is 19.1 Å². The number of likely N-dealkylation sites (N-methyl/N-ethyl adjacent to an activating group) is 1. The third-order valence-electron chi connectivity index (χ3n) is 4.18. The van der Waals surface area contributed by atoms with Gasteiger partial charge in [0.15, 0.2) is 11.5 Å². The standard InChI is InChI=1S/C19H25NO4S/c1-14-6-9-19(15(2)12-14)25(21,22)20(3)11-10-16-7-8-17(23-4)18(13-16)24-5/h6-9,12-13H,10-11H2,1-5H3. The average Bonchev–Trinajstić information content (AvgIpc) is 2.58. The number of ether oxygens (including phenoxy) is 2. The van der Waals surface area contributed by atoms with Crippen LogP contribution in [0.5, 0.6) is 11.5 Å². The Balaban J connectivity index is 2.15. The fourth-order valence-corrected chi connectivity index (χ4v) is 4.07. The minimum atomic E-state index is -3.51. The summed E-state index contributed by atoms with van der Waals surface area (Å²) in [6.45, 7) is 4.15. The van der Waals surface area contributed by atoms with Crippen molar-refractivity contribution in [1.82, 2.24) is 4.31 Å². The van der Waals surface area contributed by atoms with Gasteiger partial charge in [0.1, 0.15) is 0 Å². The van der Waals surface area contributed by atoms with Crippen LogP contribution in [0.1, 0.15) is 16.7 Å². The molecule has 0 aliphatic heterocycles. The predicted octanol–water partition coefficient (Wildman–Crippen LogP) is 3.18. The van der Waals surface area contributed by atoms with Crippen LogP contribution < -0.4 is 9.47 Å². The van der Waals surface area contributed by atoms with Gasteiger partial charge in [-0.2, -0.15) is 0 Å². The van der Waals surface area contributed by atoms with Gasteiger partial charge in [-0.05, 0) is 49.6 Å². The molecular formula is C19H25NO4S. The highest BCUT2D eigenvalue weighted by Crippen LogP contribution is 2.28. The number of benzene rings is 2. The number of methoxy groups -OCH3 is 2. The second kappa shape index (κ2) is 7.89. The first-order valence-corrected chi connectivity index (χ1v) is 9.48. The molecule has 2 rings (SSSR count). The summed E-state index contributed by atoms with van der Waals surface area (Å²) >= 11 is 0. The molecule has 0 aliphatic rings. The summed E-state index contributed by atoms with van der Waals surface area (Å²) < 4.78 is 37.5. The van der Waals surface area contributed by atoms with Crippen molar-refractivity contribution < 1.29 is 17.9 Å². The predicted molar refractivity (Wildman–Crippen MR) is 99.0 cm³/mol. The monoisotopic (exact) mass is 363 g/mol. The Bertz CT molecular complexity index is 846. The van der Waals surface area contributed by atoms with E-state index in [1.54, 1.807) is 27.3 Å². The van der Waals surface area contributed by atoms with Gasteiger partial charge in [-0.3, -0.25) is 0 Å². The first-order chi connectivity index (χ1) is 11.8. The van der Waals surface area contributed by atoms with Crippen molar-refractivity contribution in [1.29, 1.82) is 0 Å². The van der Waals surface area contributed by atoms with Crippen LogP contribution >= 0.6 is 0 Å². The number of rotatable bonds is 7. The van der Waals surface area contributed by atoms with Crippen LogP contribution in [0.4, 0.5) is 0 Å². The van der Waals surface area contributed by atoms with E-state index in [0.717, 1.165) is 16.7 Å². The Morgan fingerprint density at radius 2 is 1.64 bits per heavy atom. The van der Waals surface area contributed by atoms with Crippen LogP contribution in [0.2, 0.25) is 0 Å². The lowest BCUT2D eigenvalue weighted by atomic mass is 10.1. The quantitative estimate of drug-likeness (QED) is 0.758. The molecule has 0 saturated heterocycles. The number of aryl methyl sites for hydroxylation is 2. The number of hydrogen-bond donors (Lipinski definition) is 0. The first-order valence-electron chi connectivity index (χ1n) is 8.04. The average molecular weight is 363 g/mol. The zero-order chi connectivity index (χ0) is 18.6. The summed E-state index contributed by atoms with van der Waals surface area (Å²) in [6.07, 6.45) is 0.584. The van der Waals surface area contributed by atoms with Crippen LogP contribution in [-0.2, 0) is 16.4 Å². The van der Waals surface area contributed by atoms with Crippen molar-refractivity contribution >= 4 is 10.0 Å². The van der Waals surface area contributed by atoms with Crippen LogP contribution in [-0.4, -0.2) is 40.5 Å².